The summed E-state index contributed by atoms with van der Waals surface area (Å²) in [6.07, 6.45) is 4.16. The van der Waals surface area contributed by atoms with Crippen LogP contribution in [0.5, 0.6) is 0 Å². The summed E-state index contributed by atoms with van der Waals surface area (Å²) in [7, 11) is -3.45. The van der Waals surface area contributed by atoms with E-state index >= 15 is 0 Å². The average molecular weight is 206 g/mol. The van der Waals surface area contributed by atoms with Gasteiger partial charge in [0, 0.05) is 13.1 Å². The predicted octanol–water partition coefficient (Wildman–Crippen LogP) is 0.702. The molecule has 0 aromatic rings. The smallest absolute Gasteiger partial charge is 0.216 e. The fourth-order valence-electron chi connectivity index (χ4n) is 1.80. The highest BCUT2D eigenvalue weighted by Crippen LogP contribution is 2.20. The molecule has 2 N–H and O–H groups in total. The second-order valence-corrected chi connectivity index (χ2v) is 5.20. The highest BCUT2D eigenvalue weighted by molar-refractivity contribution is 7.86. The third-order valence-corrected chi connectivity index (χ3v) is 3.83. The van der Waals surface area contributed by atoms with E-state index in [1.54, 1.807) is 0 Å². The van der Waals surface area contributed by atoms with Gasteiger partial charge in [0.05, 0.1) is 0 Å². The molecule has 4 nitrogen and oxygen atoms in total. The summed E-state index contributed by atoms with van der Waals surface area (Å²) < 4.78 is 23.5. The third kappa shape index (κ3) is 3.25. The van der Waals surface area contributed by atoms with Crippen LogP contribution in [0.3, 0.4) is 0 Å². The highest BCUT2D eigenvalue weighted by Gasteiger charge is 2.21. The SMILES string of the molecule is CCC1CCCN(S(N)(=O)=O)CC1. The molecule has 1 rings (SSSR count). The van der Waals surface area contributed by atoms with Crippen LogP contribution < -0.4 is 5.14 Å². The molecular weight excluding hydrogens is 188 g/mol. The van der Waals surface area contributed by atoms with Crippen LogP contribution in [0.25, 0.3) is 0 Å². The predicted molar refractivity (Wildman–Crippen MR) is 52.3 cm³/mol. The molecule has 1 atom stereocenters. The number of rotatable bonds is 2. The highest BCUT2D eigenvalue weighted by atomic mass is 32.2. The van der Waals surface area contributed by atoms with Gasteiger partial charge in [-0.15, -0.1) is 0 Å². The summed E-state index contributed by atoms with van der Waals surface area (Å²) in [6, 6.07) is 0. The first-order valence-electron chi connectivity index (χ1n) is 4.82. The Morgan fingerprint density at radius 1 is 1.38 bits per heavy atom. The zero-order chi connectivity index (χ0) is 9.90. The Kier molecular flexibility index (Phi) is 3.70. The largest absolute Gasteiger partial charge is 0.276 e. The Bertz CT molecular complexity index is 251. The van der Waals surface area contributed by atoms with E-state index < -0.39 is 10.2 Å². The second-order valence-electron chi connectivity index (χ2n) is 3.65. The van der Waals surface area contributed by atoms with E-state index in [0.717, 1.165) is 25.7 Å². The van der Waals surface area contributed by atoms with E-state index in [-0.39, 0.29) is 0 Å². The van der Waals surface area contributed by atoms with Crippen molar-refractivity contribution in [1.82, 2.24) is 4.31 Å². The van der Waals surface area contributed by atoms with Crippen molar-refractivity contribution in [3.05, 3.63) is 0 Å². The zero-order valence-electron chi connectivity index (χ0n) is 8.07. The van der Waals surface area contributed by atoms with Crippen LogP contribution in [0.2, 0.25) is 0 Å². The Hall–Kier alpha value is -0.130. The monoisotopic (exact) mass is 206 g/mol. The Morgan fingerprint density at radius 3 is 2.62 bits per heavy atom. The molecule has 13 heavy (non-hydrogen) atoms. The number of hydrogen-bond acceptors (Lipinski definition) is 2. The van der Waals surface area contributed by atoms with Gasteiger partial charge in [-0.3, -0.25) is 0 Å². The van der Waals surface area contributed by atoms with E-state index in [2.05, 4.69) is 6.92 Å². The summed E-state index contributed by atoms with van der Waals surface area (Å²) in [4.78, 5) is 0. The molecule has 0 aromatic carbocycles. The van der Waals surface area contributed by atoms with Crippen LogP contribution in [0.4, 0.5) is 0 Å². The standard InChI is InChI=1S/C8H18N2O2S/c1-2-8-4-3-6-10(7-5-8)13(9,11)12/h8H,2-7H2,1H3,(H2,9,11,12). The molecule has 0 bridgehead atoms. The van der Waals surface area contributed by atoms with E-state index in [1.807, 2.05) is 0 Å². The van der Waals surface area contributed by atoms with Gasteiger partial charge in [-0.2, -0.15) is 12.7 Å². The molecule has 1 aliphatic heterocycles. The maximum absolute atomic E-state index is 11.0. The van der Waals surface area contributed by atoms with Crippen LogP contribution in [0.15, 0.2) is 0 Å². The Morgan fingerprint density at radius 2 is 2.08 bits per heavy atom. The molecule has 1 fully saturated rings. The minimum Gasteiger partial charge on any atom is -0.216 e. The lowest BCUT2D eigenvalue weighted by Gasteiger charge is -2.16. The molecule has 1 heterocycles. The maximum atomic E-state index is 11.0. The minimum absolute atomic E-state index is 0.593. The van der Waals surface area contributed by atoms with Gasteiger partial charge in [0.1, 0.15) is 0 Å². The molecule has 1 unspecified atom stereocenters. The number of hydrogen-bond donors (Lipinski definition) is 1. The van der Waals surface area contributed by atoms with Gasteiger partial charge in [-0.1, -0.05) is 13.3 Å². The Labute approximate surface area is 80.3 Å². The van der Waals surface area contributed by atoms with Crippen molar-refractivity contribution < 1.29 is 8.42 Å². The third-order valence-electron chi connectivity index (χ3n) is 2.74. The number of nitrogens with two attached hydrogens (primary N) is 1. The molecule has 5 heteroatoms. The van der Waals surface area contributed by atoms with Gasteiger partial charge in [0.2, 0.25) is 0 Å². The van der Waals surface area contributed by atoms with Gasteiger partial charge in [0.25, 0.3) is 10.2 Å². The summed E-state index contributed by atoms with van der Waals surface area (Å²) in [5, 5.41) is 5.06. The fourth-order valence-corrected chi connectivity index (χ4v) is 2.55. The summed E-state index contributed by atoms with van der Waals surface area (Å²) in [6.45, 7) is 3.34. The molecule has 1 aliphatic rings. The van der Waals surface area contributed by atoms with E-state index in [1.165, 1.54) is 4.31 Å². The molecule has 1 saturated heterocycles. The maximum Gasteiger partial charge on any atom is 0.276 e. The average Bonchev–Trinajstić information content (AvgIpc) is 2.26. The molecule has 0 radical (unpaired) electrons. The number of nitrogens with zero attached hydrogens (tertiary/aromatic N) is 1. The van der Waals surface area contributed by atoms with E-state index in [0.29, 0.717) is 19.0 Å². The quantitative estimate of drug-likeness (QED) is 0.723. The molecular formula is C8H18N2O2S. The second kappa shape index (κ2) is 4.39. The van der Waals surface area contributed by atoms with Crippen molar-refractivity contribution in [2.75, 3.05) is 13.1 Å². The lowest BCUT2D eigenvalue weighted by atomic mass is 9.98. The summed E-state index contributed by atoms with van der Waals surface area (Å²) in [5.41, 5.74) is 0. The van der Waals surface area contributed by atoms with Gasteiger partial charge in [-0.05, 0) is 25.2 Å². The first-order valence-corrected chi connectivity index (χ1v) is 6.32. The lowest BCUT2D eigenvalue weighted by molar-refractivity contribution is 0.408. The normalized spacial score (nSPS) is 27.1. The van der Waals surface area contributed by atoms with Crippen molar-refractivity contribution in [3.63, 3.8) is 0 Å². The van der Waals surface area contributed by atoms with Crippen LogP contribution in [-0.4, -0.2) is 25.8 Å². The molecule has 0 spiro atoms. The first kappa shape index (κ1) is 10.9. The van der Waals surface area contributed by atoms with Crippen molar-refractivity contribution >= 4 is 10.2 Å². The zero-order valence-corrected chi connectivity index (χ0v) is 8.89. The molecule has 0 aromatic heterocycles. The van der Waals surface area contributed by atoms with Crippen LogP contribution >= 0.6 is 0 Å². The molecule has 0 aliphatic carbocycles. The van der Waals surface area contributed by atoms with Crippen molar-refractivity contribution in [2.45, 2.75) is 32.6 Å². The van der Waals surface area contributed by atoms with E-state index in [9.17, 15) is 8.42 Å². The van der Waals surface area contributed by atoms with Crippen LogP contribution in [-0.2, 0) is 10.2 Å². The summed E-state index contributed by atoms with van der Waals surface area (Å²) in [5.74, 6) is 0.673. The van der Waals surface area contributed by atoms with Crippen molar-refractivity contribution in [3.8, 4) is 0 Å². The van der Waals surface area contributed by atoms with Crippen LogP contribution in [0.1, 0.15) is 32.6 Å². The first-order chi connectivity index (χ1) is 6.04. The van der Waals surface area contributed by atoms with Gasteiger partial charge >= 0.3 is 0 Å². The van der Waals surface area contributed by atoms with Crippen molar-refractivity contribution in [2.24, 2.45) is 11.1 Å². The van der Waals surface area contributed by atoms with Gasteiger partial charge in [-0.25, -0.2) is 5.14 Å². The fraction of sp³-hybridized carbons (Fsp3) is 1.00. The van der Waals surface area contributed by atoms with Crippen LogP contribution in [0, 0.1) is 5.92 Å². The van der Waals surface area contributed by atoms with Gasteiger partial charge < -0.3 is 0 Å². The van der Waals surface area contributed by atoms with E-state index in [4.69, 9.17) is 5.14 Å². The van der Waals surface area contributed by atoms with Crippen molar-refractivity contribution in [1.29, 1.82) is 0 Å². The topological polar surface area (TPSA) is 63.4 Å². The molecule has 0 saturated carbocycles. The molecule has 0 amide bonds. The summed E-state index contributed by atoms with van der Waals surface area (Å²) >= 11 is 0. The minimum atomic E-state index is -3.45. The van der Waals surface area contributed by atoms with Gasteiger partial charge in [0.15, 0.2) is 0 Å². The lowest BCUT2D eigenvalue weighted by Crippen LogP contribution is -2.37. The molecule has 78 valence electrons. The Balaban J connectivity index is 2.55.